The topological polar surface area (TPSA) is 69.0 Å². The summed E-state index contributed by atoms with van der Waals surface area (Å²) in [6.45, 7) is 1.81. The third kappa shape index (κ3) is 3.75. The number of methoxy groups -OCH3 is 1. The Morgan fingerprint density at radius 1 is 1.20 bits per heavy atom. The molecule has 25 heavy (non-hydrogen) atoms. The monoisotopic (exact) mass is 376 g/mol. The molecule has 0 fully saturated rings. The standard InChI is InChI=1S/C17H14Cl2N4O2/c1-10-7-15(21-17(24)11-3-5-13(25-2)6-4-11)23(22-10)16-14(19)8-12(18)9-20-16/h3-9H,1-2H3,(H,21,24). The Hall–Kier alpha value is -2.57. The fourth-order valence-corrected chi connectivity index (χ4v) is 2.70. The number of nitrogens with zero attached hydrogens (tertiary/aromatic N) is 3. The zero-order valence-corrected chi connectivity index (χ0v) is 15.0. The molecule has 0 atom stereocenters. The minimum absolute atomic E-state index is 0.283. The van der Waals surface area contributed by atoms with Crippen molar-refractivity contribution in [3.05, 3.63) is 63.9 Å². The highest BCUT2D eigenvalue weighted by molar-refractivity contribution is 6.35. The van der Waals surface area contributed by atoms with Gasteiger partial charge in [-0.25, -0.2) is 4.98 Å². The maximum absolute atomic E-state index is 12.5. The van der Waals surface area contributed by atoms with Crippen molar-refractivity contribution in [1.29, 1.82) is 0 Å². The van der Waals surface area contributed by atoms with Crippen molar-refractivity contribution in [3.63, 3.8) is 0 Å². The quantitative estimate of drug-likeness (QED) is 0.742. The molecule has 0 spiro atoms. The van der Waals surface area contributed by atoms with E-state index in [1.807, 2.05) is 6.92 Å². The number of benzene rings is 1. The molecule has 3 aromatic rings. The van der Waals surface area contributed by atoms with Crippen molar-refractivity contribution < 1.29 is 9.53 Å². The first kappa shape index (κ1) is 17.3. The van der Waals surface area contributed by atoms with E-state index >= 15 is 0 Å². The van der Waals surface area contributed by atoms with E-state index in [1.54, 1.807) is 43.5 Å². The molecule has 0 saturated carbocycles. The number of amides is 1. The van der Waals surface area contributed by atoms with Gasteiger partial charge in [-0.1, -0.05) is 23.2 Å². The van der Waals surface area contributed by atoms with Crippen LogP contribution in [0, 0.1) is 6.92 Å². The van der Waals surface area contributed by atoms with Crippen molar-refractivity contribution in [2.75, 3.05) is 12.4 Å². The number of carbonyl (C=O) groups excluding carboxylic acids is 1. The summed E-state index contributed by atoms with van der Waals surface area (Å²) in [5.41, 5.74) is 1.19. The zero-order chi connectivity index (χ0) is 18.0. The Kier molecular flexibility index (Phi) is 4.92. The van der Waals surface area contributed by atoms with E-state index in [0.717, 1.165) is 0 Å². The van der Waals surface area contributed by atoms with Gasteiger partial charge in [0.1, 0.15) is 11.6 Å². The number of rotatable bonds is 4. The van der Waals surface area contributed by atoms with Gasteiger partial charge in [0.15, 0.2) is 5.82 Å². The van der Waals surface area contributed by atoms with Crippen molar-refractivity contribution in [2.24, 2.45) is 0 Å². The summed E-state index contributed by atoms with van der Waals surface area (Å²) in [5.74, 6) is 1.22. The molecule has 2 aromatic heterocycles. The lowest BCUT2D eigenvalue weighted by Gasteiger charge is -2.10. The number of halogens is 2. The van der Waals surface area contributed by atoms with Crippen LogP contribution in [0.15, 0.2) is 42.6 Å². The summed E-state index contributed by atoms with van der Waals surface area (Å²) < 4.78 is 6.56. The van der Waals surface area contributed by atoms with Gasteiger partial charge in [-0.05, 0) is 37.3 Å². The first-order valence-electron chi connectivity index (χ1n) is 7.31. The maximum Gasteiger partial charge on any atom is 0.256 e. The molecule has 3 rings (SSSR count). The van der Waals surface area contributed by atoms with Gasteiger partial charge in [0.05, 0.1) is 22.8 Å². The molecule has 0 saturated heterocycles. The van der Waals surface area contributed by atoms with E-state index in [9.17, 15) is 4.79 Å². The number of aryl methyl sites for hydroxylation is 1. The first-order chi connectivity index (χ1) is 12.0. The number of ether oxygens (including phenoxy) is 1. The Labute approximate surface area is 154 Å². The van der Waals surface area contributed by atoms with Gasteiger partial charge >= 0.3 is 0 Å². The molecule has 8 heteroatoms. The molecular weight excluding hydrogens is 363 g/mol. The lowest BCUT2D eigenvalue weighted by Crippen LogP contribution is -2.15. The van der Waals surface area contributed by atoms with Crippen LogP contribution in [0.4, 0.5) is 5.82 Å². The normalized spacial score (nSPS) is 10.6. The van der Waals surface area contributed by atoms with Crippen LogP contribution in [-0.4, -0.2) is 27.8 Å². The van der Waals surface area contributed by atoms with Crippen LogP contribution in [0.3, 0.4) is 0 Å². The van der Waals surface area contributed by atoms with Gasteiger partial charge < -0.3 is 10.1 Å². The molecular formula is C17H14Cl2N4O2. The highest BCUT2D eigenvalue weighted by Gasteiger charge is 2.15. The first-order valence-corrected chi connectivity index (χ1v) is 8.07. The minimum atomic E-state index is -0.283. The van der Waals surface area contributed by atoms with Crippen LogP contribution in [0.5, 0.6) is 5.75 Å². The van der Waals surface area contributed by atoms with Crippen LogP contribution >= 0.6 is 23.2 Å². The lowest BCUT2D eigenvalue weighted by atomic mass is 10.2. The van der Waals surface area contributed by atoms with Gasteiger partial charge in [0.25, 0.3) is 5.91 Å². The Balaban J connectivity index is 1.91. The Morgan fingerprint density at radius 2 is 1.92 bits per heavy atom. The molecule has 1 amide bonds. The Bertz CT molecular complexity index is 923. The summed E-state index contributed by atoms with van der Waals surface area (Å²) in [6.07, 6.45) is 1.47. The molecule has 6 nitrogen and oxygen atoms in total. The fraction of sp³-hybridized carbons (Fsp3) is 0.118. The third-order valence-electron chi connectivity index (χ3n) is 3.41. The molecule has 1 aromatic carbocycles. The molecule has 0 unspecified atom stereocenters. The highest BCUT2D eigenvalue weighted by Crippen LogP contribution is 2.25. The molecule has 0 aliphatic rings. The minimum Gasteiger partial charge on any atom is -0.497 e. The smallest absolute Gasteiger partial charge is 0.256 e. The second-order valence-corrected chi connectivity index (χ2v) is 6.07. The van der Waals surface area contributed by atoms with E-state index in [1.165, 1.54) is 10.9 Å². The summed E-state index contributed by atoms with van der Waals surface area (Å²) in [7, 11) is 1.57. The summed E-state index contributed by atoms with van der Waals surface area (Å²) in [5, 5.41) is 7.90. The van der Waals surface area contributed by atoms with Gasteiger partial charge in [0.2, 0.25) is 0 Å². The summed E-state index contributed by atoms with van der Waals surface area (Å²) in [4.78, 5) is 16.7. The van der Waals surface area contributed by atoms with Crippen molar-refractivity contribution in [1.82, 2.24) is 14.8 Å². The maximum atomic E-state index is 12.5. The number of aromatic nitrogens is 3. The second kappa shape index (κ2) is 7.13. The molecule has 1 N–H and O–H groups in total. The van der Waals surface area contributed by atoms with Gasteiger partial charge in [-0.2, -0.15) is 9.78 Å². The van der Waals surface area contributed by atoms with Gasteiger partial charge in [-0.15, -0.1) is 0 Å². The number of anilines is 1. The molecule has 2 heterocycles. The largest absolute Gasteiger partial charge is 0.497 e. The molecule has 0 radical (unpaired) electrons. The van der Waals surface area contributed by atoms with Crippen molar-refractivity contribution >= 4 is 34.9 Å². The van der Waals surface area contributed by atoms with Crippen LogP contribution in [0.25, 0.3) is 5.82 Å². The van der Waals surface area contributed by atoms with Crippen LogP contribution in [0.2, 0.25) is 10.0 Å². The number of hydrogen-bond acceptors (Lipinski definition) is 4. The van der Waals surface area contributed by atoms with Gasteiger partial charge in [0, 0.05) is 17.8 Å². The van der Waals surface area contributed by atoms with E-state index in [4.69, 9.17) is 27.9 Å². The zero-order valence-electron chi connectivity index (χ0n) is 13.5. The van der Waals surface area contributed by atoms with E-state index in [0.29, 0.717) is 38.7 Å². The number of carbonyl (C=O) groups is 1. The molecule has 0 aliphatic heterocycles. The number of pyridine rings is 1. The van der Waals surface area contributed by atoms with Crippen LogP contribution in [0.1, 0.15) is 16.1 Å². The summed E-state index contributed by atoms with van der Waals surface area (Å²) in [6, 6.07) is 10.1. The lowest BCUT2D eigenvalue weighted by molar-refractivity contribution is 0.102. The third-order valence-corrected chi connectivity index (χ3v) is 3.90. The fourth-order valence-electron chi connectivity index (χ4n) is 2.24. The average Bonchev–Trinajstić information content (AvgIpc) is 2.95. The van der Waals surface area contributed by atoms with E-state index < -0.39 is 0 Å². The van der Waals surface area contributed by atoms with E-state index in [-0.39, 0.29) is 5.91 Å². The Morgan fingerprint density at radius 3 is 2.56 bits per heavy atom. The van der Waals surface area contributed by atoms with E-state index in [2.05, 4.69) is 15.4 Å². The number of nitrogens with one attached hydrogen (secondary N) is 1. The second-order valence-electron chi connectivity index (χ2n) is 5.22. The molecule has 0 aliphatic carbocycles. The molecule has 128 valence electrons. The van der Waals surface area contributed by atoms with Crippen molar-refractivity contribution in [3.8, 4) is 11.6 Å². The predicted molar refractivity (Wildman–Crippen MR) is 97.1 cm³/mol. The highest BCUT2D eigenvalue weighted by atomic mass is 35.5. The number of hydrogen-bond donors (Lipinski definition) is 1. The average molecular weight is 377 g/mol. The SMILES string of the molecule is COc1ccc(C(=O)Nc2cc(C)nn2-c2ncc(Cl)cc2Cl)cc1. The molecule has 0 bridgehead atoms. The summed E-state index contributed by atoms with van der Waals surface area (Å²) >= 11 is 12.1. The van der Waals surface area contributed by atoms with Crippen LogP contribution < -0.4 is 10.1 Å². The van der Waals surface area contributed by atoms with Gasteiger partial charge in [-0.3, -0.25) is 4.79 Å². The van der Waals surface area contributed by atoms with Crippen LogP contribution in [-0.2, 0) is 0 Å². The predicted octanol–water partition coefficient (Wildman–Crippen LogP) is 4.14. The van der Waals surface area contributed by atoms with Crippen molar-refractivity contribution in [2.45, 2.75) is 6.92 Å².